The summed E-state index contributed by atoms with van der Waals surface area (Å²) in [6.45, 7) is 5.20. The Morgan fingerprint density at radius 1 is 1.31 bits per heavy atom. The molecule has 3 heterocycles. The molecule has 2 atom stereocenters. The minimum atomic E-state index is -0.590. The van der Waals surface area contributed by atoms with Gasteiger partial charge in [0.1, 0.15) is 0 Å². The van der Waals surface area contributed by atoms with Crippen LogP contribution in [-0.2, 0) is 0 Å². The van der Waals surface area contributed by atoms with Crippen LogP contribution in [0.2, 0.25) is 0 Å². The number of nitrogens with zero attached hydrogens (tertiary/aromatic N) is 2. The summed E-state index contributed by atoms with van der Waals surface area (Å²) in [5, 5.41) is 0. The van der Waals surface area contributed by atoms with Crippen LogP contribution < -0.4 is 21.9 Å². The topological polar surface area (TPSA) is 83.6 Å². The third kappa shape index (κ3) is 2.93. The predicted octanol–water partition coefficient (Wildman–Crippen LogP) is 1.91. The number of aryl methyl sites for hydroxylation is 1. The van der Waals surface area contributed by atoms with Crippen LogP contribution >= 0.6 is 12.4 Å². The Morgan fingerprint density at radius 3 is 2.58 bits per heavy atom. The Balaban J connectivity index is 0.00000196. The lowest BCUT2D eigenvalue weighted by molar-refractivity contribution is 0.487. The number of rotatable bonds is 3. The average Bonchev–Trinajstić information content (AvgIpc) is 3.25. The van der Waals surface area contributed by atoms with Gasteiger partial charge in [0.15, 0.2) is 5.82 Å². The zero-order valence-corrected chi connectivity index (χ0v) is 15.7. The van der Waals surface area contributed by atoms with Crippen molar-refractivity contribution in [1.29, 1.82) is 0 Å². The highest BCUT2D eigenvalue weighted by atomic mass is 35.5. The molecule has 2 fully saturated rings. The molecule has 1 aliphatic carbocycles. The molecule has 26 heavy (non-hydrogen) atoms. The van der Waals surface area contributed by atoms with Gasteiger partial charge in [-0.05, 0) is 44.9 Å². The fraction of sp³-hybridized carbons (Fsp3) is 0.556. The van der Waals surface area contributed by atoms with E-state index in [1.807, 2.05) is 11.8 Å². The van der Waals surface area contributed by atoms with E-state index in [2.05, 4.69) is 4.98 Å². The van der Waals surface area contributed by atoms with Gasteiger partial charge < -0.3 is 10.6 Å². The number of hydrogen-bond donors (Lipinski definition) is 2. The third-order valence-corrected chi connectivity index (χ3v) is 5.63. The van der Waals surface area contributed by atoms with Gasteiger partial charge in [0, 0.05) is 30.3 Å². The van der Waals surface area contributed by atoms with Crippen molar-refractivity contribution in [2.24, 2.45) is 11.7 Å². The van der Waals surface area contributed by atoms with Crippen molar-refractivity contribution >= 4 is 23.6 Å². The molecule has 2 aromatic rings. The molecule has 0 unspecified atom stereocenters. The smallest absolute Gasteiger partial charge is 0.333 e. The molecule has 1 aliphatic heterocycles. The number of pyridine rings is 1. The maximum Gasteiger partial charge on any atom is 0.333 e. The predicted molar refractivity (Wildman–Crippen MR) is 102 cm³/mol. The van der Waals surface area contributed by atoms with E-state index in [0.29, 0.717) is 34.8 Å². The van der Waals surface area contributed by atoms with Crippen LogP contribution in [0.1, 0.15) is 43.2 Å². The second kappa shape index (κ2) is 6.70. The summed E-state index contributed by atoms with van der Waals surface area (Å²) in [4.78, 5) is 28.9. The minimum Gasteiger partial charge on any atom is -0.368 e. The van der Waals surface area contributed by atoms with Gasteiger partial charge in [0.25, 0.3) is 5.56 Å². The van der Waals surface area contributed by atoms with E-state index < -0.39 is 11.5 Å². The normalized spacial score (nSPS) is 21.1. The highest BCUT2D eigenvalue weighted by Gasteiger charge is 2.33. The molecule has 4 rings (SSSR count). The lowest BCUT2D eigenvalue weighted by Crippen LogP contribution is -2.32. The summed E-state index contributed by atoms with van der Waals surface area (Å²) in [6, 6.07) is 0.0568. The Morgan fingerprint density at radius 2 is 2.00 bits per heavy atom. The highest BCUT2D eigenvalue weighted by molar-refractivity contribution is 5.85. The summed E-state index contributed by atoms with van der Waals surface area (Å²) in [7, 11) is 0. The van der Waals surface area contributed by atoms with Crippen LogP contribution in [0, 0.1) is 18.7 Å². The summed E-state index contributed by atoms with van der Waals surface area (Å²) in [5.74, 6) is 0.0391. The van der Waals surface area contributed by atoms with E-state index in [1.54, 1.807) is 6.92 Å². The molecule has 142 valence electrons. The molecule has 2 aliphatic rings. The highest BCUT2D eigenvalue weighted by Crippen LogP contribution is 2.42. The molecule has 6 nitrogen and oxygen atoms in total. The molecule has 3 N–H and O–H groups in total. The van der Waals surface area contributed by atoms with E-state index in [1.165, 1.54) is 10.6 Å². The van der Waals surface area contributed by atoms with E-state index in [-0.39, 0.29) is 29.9 Å². The number of aromatic nitrogens is 2. The fourth-order valence-electron chi connectivity index (χ4n) is 4.09. The summed E-state index contributed by atoms with van der Waals surface area (Å²) < 4.78 is 16.1. The molecule has 0 amide bonds. The largest absolute Gasteiger partial charge is 0.368 e. The van der Waals surface area contributed by atoms with Crippen molar-refractivity contribution in [2.75, 3.05) is 18.0 Å². The first-order chi connectivity index (χ1) is 11.9. The third-order valence-electron chi connectivity index (χ3n) is 5.63. The molecule has 0 bridgehead atoms. The number of H-pyrrole nitrogens is 1. The summed E-state index contributed by atoms with van der Waals surface area (Å²) in [6.07, 6.45) is 3.99. The molecule has 2 aromatic heterocycles. The summed E-state index contributed by atoms with van der Waals surface area (Å²) >= 11 is 0. The zero-order chi connectivity index (χ0) is 17.9. The van der Waals surface area contributed by atoms with E-state index in [9.17, 15) is 14.0 Å². The number of nitrogens with one attached hydrogen (secondary N) is 1. The van der Waals surface area contributed by atoms with Crippen LogP contribution in [0.3, 0.4) is 0 Å². The molecular formula is C18H24ClFN4O2. The lowest BCUT2D eigenvalue weighted by atomic mass is 10.0. The molecule has 1 saturated carbocycles. The SMILES string of the molecule is Cc1c(N2CC[C@@H]([C@@H](C)N)C2)c(F)cn2c(=O)[nH]c(=O)c(C3CC3)c12.Cl. The number of anilines is 1. The van der Waals surface area contributed by atoms with Gasteiger partial charge in [-0.2, -0.15) is 0 Å². The number of fused-ring (bicyclic) bond motifs is 1. The molecule has 8 heteroatoms. The van der Waals surface area contributed by atoms with Gasteiger partial charge in [-0.1, -0.05) is 0 Å². The van der Waals surface area contributed by atoms with Crippen LogP contribution in [0.25, 0.3) is 5.52 Å². The lowest BCUT2D eigenvalue weighted by Gasteiger charge is -2.24. The Kier molecular flexibility index (Phi) is 4.88. The fourth-order valence-corrected chi connectivity index (χ4v) is 4.09. The number of aromatic amines is 1. The van der Waals surface area contributed by atoms with Crippen molar-refractivity contribution in [3.8, 4) is 0 Å². The average molecular weight is 383 g/mol. The molecule has 0 spiro atoms. The van der Waals surface area contributed by atoms with Crippen molar-refractivity contribution in [2.45, 2.75) is 45.1 Å². The molecule has 0 radical (unpaired) electrons. The first kappa shape index (κ1) is 18.9. The van der Waals surface area contributed by atoms with Gasteiger partial charge >= 0.3 is 5.69 Å². The van der Waals surface area contributed by atoms with Crippen LogP contribution in [0.4, 0.5) is 10.1 Å². The second-order valence-electron chi connectivity index (χ2n) is 7.47. The molecule has 1 saturated heterocycles. The van der Waals surface area contributed by atoms with E-state index >= 15 is 0 Å². The first-order valence-corrected chi connectivity index (χ1v) is 8.86. The zero-order valence-electron chi connectivity index (χ0n) is 14.9. The maximum absolute atomic E-state index is 14.9. The Hall–Kier alpha value is -1.86. The van der Waals surface area contributed by atoms with Gasteiger partial charge in [0.05, 0.1) is 17.4 Å². The van der Waals surface area contributed by atoms with Crippen molar-refractivity contribution in [3.05, 3.63) is 44.0 Å². The van der Waals surface area contributed by atoms with Crippen molar-refractivity contribution < 1.29 is 4.39 Å². The number of hydrogen-bond acceptors (Lipinski definition) is 4. The van der Waals surface area contributed by atoms with Crippen LogP contribution in [-0.4, -0.2) is 28.5 Å². The van der Waals surface area contributed by atoms with Gasteiger partial charge in [-0.25, -0.2) is 9.18 Å². The number of nitrogens with two attached hydrogens (primary N) is 1. The second-order valence-corrected chi connectivity index (χ2v) is 7.47. The van der Waals surface area contributed by atoms with E-state index in [0.717, 1.165) is 25.8 Å². The standard InChI is InChI=1S/C18H23FN4O2.ClH/c1-9-15(22-6-5-12(7-22)10(2)20)13(19)8-23-16(9)14(11-3-4-11)17(24)21-18(23)25;/h8,10-12H,3-7,20H2,1-2H3,(H,21,24,25);1H/t10-,12-;/m1./s1. The van der Waals surface area contributed by atoms with Crippen LogP contribution in [0.5, 0.6) is 0 Å². The van der Waals surface area contributed by atoms with E-state index in [4.69, 9.17) is 5.73 Å². The minimum absolute atomic E-state index is 0. The Bertz CT molecular complexity index is 964. The first-order valence-electron chi connectivity index (χ1n) is 8.86. The quantitative estimate of drug-likeness (QED) is 0.849. The summed E-state index contributed by atoms with van der Waals surface area (Å²) in [5.41, 5.74) is 7.41. The van der Waals surface area contributed by atoms with Gasteiger partial charge in [-0.15, -0.1) is 12.4 Å². The van der Waals surface area contributed by atoms with Crippen molar-refractivity contribution in [3.63, 3.8) is 0 Å². The molecular weight excluding hydrogens is 359 g/mol. The van der Waals surface area contributed by atoms with Gasteiger partial charge in [0.2, 0.25) is 0 Å². The number of halogens is 2. The monoisotopic (exact) mass is 382 g/mol. The molecule has 0 aromatic carbocycles. The maximum atomic E-state index is 14.9. The van der Waals surface area contributed by atoms with Crippen LogP contribution in [0.15, 0.2) is 15.8 Å². The Labute approximate surface area is 156 Å². The van der Waals surface area contributed by atoms with Crippen molar-refractivity contribution in [1.82, 2.24) is 9.38 Å². The van der Waals surface area contributed by atoms with Gasteiger partial charge in [-0.3, -0.25) is 14.2 Å².